The number of rotatable bonds is 4. The number of ether oxygens (including phenoxy) is 1. The average molecular weight is 317 g/mol. The zero-order valence-corrected chi connectivity index (χ0v) is 13.2. The number of benzene rings is 1. The average Bonchev–Trinajstić information content (AvgIpc) is 2.98. The van der Waals surface area contributed by atoms with Gasteiger partial charge in [0.1, 0.15) is 0 Å². The van der Waals surface area contributed by atoms with E-state index < -0.39 is 5.97 Å². The summed E-state index contributed by atoms with van der Waals surface area (Å²) < 4.78 is 6.73. The normalized spacial score (nSPS) is 10.3. The van der Waals surface area contributed by atoms with Crippen LogP contribution in [0.4, 0.5) is 0 Å². The first-order valence-electron chi connectivity index (χ1n) is 7.44. The quantitative estimate of drug-likeness (QED) is 0.421. The summed E-state index contributed by atoms with van der Waals surface area (Å²) in [7, 11) is 0. The zero-order valence-electron chi connectivity index (χ0n) is 13.2. The Morgan fingerprint density at radius 3 is 2.62 bits per heavy atom. The molecule has 3 aromatic rings. The summed E-state index contributed by atoms with van der Waals surface area (Å²) in [6.07, 6.45) is 6.91. The van der Waals surface area contributed by atoms with Gasteiger partial charge < -0.3 is 9.14 Å². The van der Waals surface area contributed by atoms with Gasteiger partial charge in [0, 0.05) is 11.8 Å². The van der Waals surface area contributed by atoms with Crippen LogP contribution in [-0.2, 0) is 4.74 Å². The third kappa shape index (κ3) is 2.80. The van der Waals surface area contributed by atoms with Gasteiger partial charge in [-0.25, -0.2) is 4.79 Å². The van der Waals surface area contributed by atoms with Crippen molar-refractivity contribution < 1.29 is 14.3 Å². The summed E-state index contributed by atoms with van der Waals surface area (Å²) in [5, 5.41) is 0. The van der Waals surface area contributed by atoms with Gasteiger partial charge in [0.25, 0.3) is 0 Å². The second-order valence-electron chi connectivity index (χ2n) is 5.38. The topological polar surface area (TPSA) is 47.8 Å². The lowest BCUT2D eigenvalue weighted by molar-refractivity contribution is 0.0559. The molecule has 0 atom stereocenters. The molecule has 118 valence electrons. The number of fused-ring (bicyclic) bond motifs is 1. The molecule has 0 amide bonds. The lowest BCUT2D eigenvalue weighted by Crippen LogP contribution is -2.04. The van der Waals surface area contributed by atoms with Crippen molar-refractivity contribution in [3.8, 4) is 12.3 Å². The van der Waals surface area contributed by atoms with E-state index in [2.05, 4.69) is 5.92 Å². The zero-order chi connectivity index (χ0) is 17.1. The maximum absolute atomic E-state index is 12.8. The van der Waals surface area contributed by atoms with Crippen LogP contribution in [0.5, 0.6) is 0 Å². The number of esters is 1. The molecule has 0 fully saturated rings. The minimum absolute atomic E-state index is 0.107. The largest absolute Gasteiger partial charge is 0.449 e. The third-order valence-electron chi connectivity index (χ3n) is 3.70. The van der Waals surface area contributed by atoms with Gasteiger partial charge in [-0.2, -0.15) is 0 Å². The fraction of sp³-hybridized carbons (Fsp3) is 0.100. The van der Waals surface area contributed by atoms with E-state index in [4.69, 9.17) is 11.2 Å². The lowest BCUT2D eigenvalue weighted by Gasteiger charge is -2.04. The summed E-state index contributed by atoms with van der Waals surface area (Å²) in [5.74, 6) is 1.57. The molecule has 0 N–H and O–H groups in total. The minimum Gasteiger partial charge on any atom is -0.449 e. The Bertz CT molecular complexity index is 962. The third-order valence-corrected chi connectivity index (χ3v) is 3.70. The van der Waals surface area contributed by atoms with E-state index in [-0.39, 0.29) is 12.4 Å². The Labute approximate surface area is 139 Å². The van der Waals surface area contributed by atoms with Crippen molar-refractivity contribution in [2.45, 2.75) is 6.92 Å². The maximum atomic E-state index is 12.8. The standard InChI is InChI=1S/C20H15NO3/c1-3-11-24-20(23)16-13-18(19(22)15-7-5-4-6-8-15)21-10-9-14(2)12-17(16)21/h1,4-10,12-13H,11H2,2H3. The van der Waals surface area contributed by atoms with Crippen molar-refractivity contribution in [1.29, 1.82) is 0 Å². The molecule has 0 aliphatic rings. The maximum Gasteiger partial charge on any atom is 0.341 e. The number of terminal acetylenes is 1. The van der Waals surface area contributed by atoms with E-state index in [0.29, 0.717) is 22.3 Å². The molecular formula is C20H15NO3. The van der Waals surface area contributed by atoms with E-state index in [1.165, 1.54) is 0 Å². The molecule has 0 saturated carbocycles. The second-order valence-corrected chi connectivity index (χ2v) is 5.38. The molecule has 0 bridgehead atoms. The van der Waals surface area contributed by atoms with Crippen LogP contribution in [0.3, 0.4) is 0 Å². The second kappa shape index (κ2) is 6.43. The van der Waals surface area contributed by atoms with E-state index in [1.54, 1.807) is 40.9 Å². The van der Waals surface area contributed by atoms with Crippen LogP contribution < -0.4 is 0 Å². The molecule has 24 heavy (non-hydrogen) atoms. The number of aryl methyl sites for hydroxylation is 1. The monoisotopic (exact) mass is 317 g/mol. The van der Waals surface area contributed by atoms with E-state index in [0.717, 1.165) is 5.56 Å². The van der Waals surface area contributed by atoms with Crippen LogP contribution in [0.15, 0.2) is 54.7 Å². The fourth-order valence-corrected chi connectivity index (χ4v) is 2.56. The smallest absolute Gasteiger partial charge is 0.341 e. The number of hydrogen-bond donors (Lipinski definition) is 0. The van der Waals surface area contributed by atoms with E-state index in [1.807, 2.05) is 25.1 Å². The highest BCUT2D eigenvalue weighted by Crippen LogP contribution is 2.22. The number of carbonyl (C=O) groups is 2. The highest BCUT2D eigenvalue weighted by Gasteiger charge is 2.21. The molecule has 2 heterocycles. The first-order valence-corrected chi connectivity index (χ1v) is 7.44. The number of aromatic nitrogens is 1. The SMILES string of the molecule is C#CCOC(=O)c1cc(C(=O)c2ccccc2)n2ccc(C)cc12. The molecule has 0 aliphatic heterocycles. The first kappa shape index (κ1) is 15.6. The van der Waals surface area contributed by atoms with Crippen molar-refractivity contribution in [3.05, 3.63) is 77.1 Å². The Balaban J connectivity index is 2.14. The van der Waals surface area contributed by atoms with E-state index >= 15 is 0 Å². The number of hydrogen-bond acceptors (Lipinski definition) is 3. The van der Waals surface area contributed by atoms with Gasteiger partial charge in [-0.05, 0) is 30.7 Å². The molecule has 0 unspecified atom stereocenters. The van der Waals surface area contributed by atoms with Crippen LogP contribution in [0.1, 0.15) is 32.0 Å². The Hall–Kier alpha value is -3.32. The van der Waals surface area contributed by atoms with Gasteiger partial charge in [-0.1, -0.05) is 36.3 Å². The van der Waals surface area contributed by atoms with Crippen molar-refractivity contribution in [1.82, 2.24) is 4.40 Å². The fourth-order valence-electron chi connectivity index (χ4n) is 2.56. The van der Waals surface area contributed by atoms with Crippen molar-refractivity contribution >= 4 is 17.3 Å². The molecule has 0 radical (unpaired) electrons. The first-order chi connectivity index (χ1) is 11.6. The molecule has 2 aromatic heterocycles. The predicted molar refractivity (Wildman–Crippen MR) is 91.1 cm³/mol. The molecule has 1 aromatic carbocycles. The van der Waals surface area contributed by atoms with Crippen molar-refractivity contribution in [3.63, 3.8) is 0 Å². The highest BCUT2D eigenvalue weighted by atomic mass is 16.5. The van der Waals surface area contributed by atoms with Crippen LogP contribution in [0, 0.1) is 19.3 Å². The summed E-state index contributed by atoms with van der Waals surface area (Å²) in [6.45, 7) is 1.81. The molecular weight excluding hydrogens is 302 g/mol. The van der Waals surface area contributed by atoms with Crippen molar-refractivity contribution in [2.75, 3.05) is 6.61 Å². The van der Waals surface area contributed by atoms with Gasteiger partial charge in [-0.15, -0.1) is 6.42 Å². The number of carbonyl (C=O) groups excluding carboxylic acids is 2. The summed E-state index contributed by atoms with van der Waals surface area (Å²) in [6, 6.07) is 14.2. The minimum atomic E-state index is -0.539. The number of ketones is 1. The van der Waals surface area contributed by atoms with Gasteiger partial charge in [0.05, 0.1) is 16.8 Å². The number of pyridine rings is 1. The molecule has 0 aliphatic carbocycles. The van der Waals surface area contributed by atoms with Gasteiger partial charge in [-0.3, -0.25) is 4.79 Å². The van der Waals surface area contributed by atoms with Crippen LogP contribution in [0.2, 0.25) is 0 Å². The molecule has 0 spiro atoms. The van der Waals surface area contributed by atoms with Crippen molar-refractivity contribution in [2.24, 2.45) is 0 Å². The summed E-state index contributed by atoms with van der Waals surface area (Å²) in [5.41, 5.74) is 2.89. The molecule has 3 rings (SSSR count). The Kier molecular flexibility index (Phi) is 4.17. The van der Waals surface area contributed by atoms with Gasteiger partial charge >= 0.3 is 5.97 Å². The Morgan fingerprint density at radius 1 is 1.17 bits per heavy atom. The summed E-state index contributed by atoms with van der Waals surface area (Å²) in [4.78, 5) is 25.0. The predicted octanol–water partition coefficient (Wildman–Crippen LogP) is 3.27. The summed E-state index contributed by atoms with van der Waals surface area (Å²) >= 11 is 0. The Morgan fingerprint density at radius 2 is 1.92 bits per heavy atom. The van der Waals surface area contributed by atoms with Crippen LogP contribution in [-0.4, -0.2) is 22.8 Å². The van der Waals surface area contributed by atoms with Crippen LogP contribution in [0.25, 0.3) is 5.52 Å². The van der Waals surface area contributed by atoms with Gasteiger partial charge in [0.15, 0.2) is 6.61 Å². The number of nitrogens with zero attached hydrogens (tertiary/aromatic N) is 1. The van der Waals surface area contributed by atoms with Crippen LogP contribution >= 0.6 is 0 Å². The lowest BCUT2D eigenvalue weighted by atomic mass is 10.1. The molecule has 4 nitrogen and oxygen atoms in total. The molecule has 0 saturated heterocycles. The molecule has 4 heteroatoms. The highest BCUT2D eigenvalue weighted by molar-refractivity contribution is 6.11. The van der Waals surface area contributed by atoms with E-state index in [9.17, 15) is 9.59 Å². The van der Waals surface area contributed by atoms with Gasteiger partial charge in [0.2, 0.25) is 5.78 Å².